The molecule has 0 aliphatic heterocycles. The van der Waals surface area contributed by atoms with E-state index in [0.29, 0.717) is 11.0 Å². The fourth-order valence-corrected chi connectivity index (χ4v) is 3.53. The van der Waals surface area contributed by atoms with Crippen LogP contribution in [0, 0.1) is 5.82 Å². The smallest absolute Gasteiger partial charge is 0.279 e. The van der Waals surface area contributed by atoms with E-state index >= 15 is 0 Å². The Morgan fingerprint density at radius 2 is 1.73 bits per heavy atom. The van der Waals surface area contributed by atoms with Crippen molar-refractivity contribution < 1.29 is 27.1 Å². The molecule has 9 nitrogen and oxygen atoms in total. The molecule has 3 aromatic carbocycles. The van der Waals surface area contributed by atoms with Gasteiger partial charge in [-0.2, -0.15) is 0 Å². The van der Waals surface area contributed by atoms with Crippen LogP contribution in [0.1, 0.15) is 10.5 Å². The molecule has 0 aliphatic rings. The third kappa shape index (κ3) is 4.89. The van der Waals surface area contributed by atoms with E-state index in [4.69, 9.17) is 14.6 Å². The first kappa shape index (κ1) is 22.1. The van der Waals surface area contributed by atoms with Crippen LogP contribution in [0.4, 0.5) is 10.1 Å². The van der Waals surface area contributed by atoms with Gasteiger partial charge in [-0.15, -0.1) is 0 Å². The number of methoxy groups -OCH3 is 1. The summed E-state index contributed by atoms with van der Waals surface area (Å²) in [5.41, 5.74) is 0.859. The second-order valence-electron chi connectivity index (χ2n) is 6.79. The Morgan fingerprint density at radius 3 is 2.39 bits per heavy atom. The first-order valence-electron chi connectivity index (χ1n) is 9.47. The van der Waals surface area contributed by atoms with Crippen molar-refractivity contribution in [2.45, 2.75) is 4.90 Å². The maximum Gasteiger partial charge on any atom is 0.279 e. The van der Waals surface area contributed by atoms with E-state index in [-0.39, 0.29) is 33.7 Å². The van der Waals surface area contributed by atoms with Crippen molar-refractivity contribution in [2.75, 3.05) is 12.4 Å². The number of hydrogen-bond donors (Lipinski definition) is 2. The molecule has 168 valence electrons. The standard InChI is InChI=1S/C22H17FN4O5S/c1-31-19-10-9-14(12-16(19)23)32-22-20(26-17-7-2-3-8-18(17)27-22)21(28)25-13-5-4-6-15(11-13)33(24,29)30/h2-12H,1H3,(H,25,28)(H2,24,29,30). The van der Waals surface area contributed by atoms with E-state index in [0.717, 1.165) is 6.07 Å². The number of nitrogens with one attached hydrogen (secondary N) is 1. The van der Waals surface area contributed by atoms with Crippen LogP contribution in [-0.2, 0) is 10.0 Å². The summed E-state index contributed by atoms with van der Waals surface area (Å²) in [4.78, 5) is 21.5. The third-order valence-corrected chi connectivity index (χ3v) is 5.42. The number of sulfonamides is 1. The molecule has 1 aromatic heterocycles. The predicted molar refractivity (Wildman–Crippen MR) is 118 cm³/mol. The van der Waals surface area contributed by atoms with E-state index in [1.807, 2.05) is 0 Å². The van der Waals surface area contributed by atoms with Crippen LogP contribution in [0.5, 0.6) is 17.4 Å². The summed E-state index contributed by atoms with van der Waals surface area (Å²) in [6, 6.07) is 16.2. The number of para-hydroxylation sites is 2. The van der Waals surface area contributed by atoms with Gasteiger partial charge in [-0.05, 0) is 42.5 Å². The number of amides is 1. The minimum atomic E-state index is -3.96. The minimum Gasteiger partial charge on any atom is -0.494 e. The van der Waals surface area contributed by atoms with Crippen molar-refractivity contribution in [1.82, 2.24) is 9.97 Å². The van der Waals surface area contributed by atoms with Crippen LogP contribution >= 0.6 is 0 Å². The number of hydrogen-bond acceptors (Lipinski definition) is 7. The van der Waals surface area contributed by atoms with Crippen LogP contribution in [-0.4, -0.2) is 31.4 Å². The molecule has 33 heavy (non-hydrogen) atoms. The molecule has 11 heteroatoms. The zero-order valence-corrected chi connectivity index (χ0v) is 18.0. The highest BCUT2D eigenvalue weighted by atomic mass is 32.2. The van der Waals surface area contributed by atoms with Crippen LogP contribution in [0.25, 0.3) is 11.0 Å². The molecule has 0 spiro atoms. The van der Waals surface area contributed by atoms with Crippen LogP contribution in [0.2, 0.25) is 0 Å². The summed E-state index contributed by atoms with van der Waals surface area (Å²) >= 11 is 0. The molecule has 0 saturated heterocycles. The summed E-state index contributed by atoms with van der Waals surface area (Å²) in [6.45, 7) is 0. The van der Waals surface area contributed by atoms with E-state index < -0.39 is 21.7 Å². The highest BCUT2D eigenvalue weighted by molar-refractivity contribution is 7.89. The Balaban J connectivity index is 1.73. The number of ether oxygens (including phenoxy) is 2. The van der Waals surface area contributed by atoms with Crippen molar-refractivity contribution in [3.63, 3.8) is 0 Å². The maximum atomic E-state index is 14.1. The number of halogens is 1. The first-order valence-corrected chi connectivity index (χ1v) is 11.0. The minimum absolute atomic E-state index is 0.0275. The second-order valence-corrected chi connectivity index (χ2v) is 8.35. The molecule has 0 unspecified atom stereocenters. The van der Waals surface area contributed by atoms with Gasteiger partial charge in [-0.3, -0.25) is 4.79 Å². The van der Waals surface area contributed by atoms with Gasteiger partial charge in [0.1, 0.15) is 5.75 Å². The number of benzene rings is 3. The molecule has 0 saturated carbocycles. The SMILES string of the molecule is COc1ccc(Oc2nc3ccccc3nc2C(=O)Nc2cccc(S(N)(=O)=O)c2)cc1F. The molecule has 3 N–H and O–H groups in total. The van der Waals surface area contributed by atoms with E-state index in [2.05, 4.69) is 15.3 Å². The highest BCUT2D eigenvalue weighted by Crippen LogP contribution is 2.29. The predicted octanol–water partition coefficient (Wildman–Crippen LogP) is 3.47. The number of fused-ring (bicyclic) bond motifs is 1. The van der Waals surface area contributed by atoms with Gasteiger partial charge < -0.3 is 14.8 Å². The van der Waals surface area contributed by atoms with Crippen molar-refractivity contribution in [3.8, 4) is 17.4 Å². The average Bonchev–Trinajstić information content (AvgIpc) is 2.78. The highest BCUT2D eigenvalue weighted by Gasteiger charge is 2.20. The fourth-order valence-electron chi connectivity index (χ4n) is 2.97. The Kier molecular flexibility index (Phi) is 5.90. The Hall–Kier alpha value is -4.09. The monoisotopic (exact) mass is 468 g/mol. The number of anilines is 1. The molecular formula is C22H17FN4O5S. The van der Waals surface area contributed by atoms with Gasteiger partial charge in [0.15, 0.2) is 17.3 Å². The second kappa shape index (κ2) is 8.81. The maximum absolute atomic E-state index is 14.1. The molecule has 4 aromatic rings. The Labute approximate surface area is 188 Å². The number of carbonyl (C=O) groups excluding carboxylic acids is 1. The van der Waals surface area contributed by atoms with E-state index in [1.54, 1.807) is 24.3 Å². The number of aromatic nitrogens is 2. The number of carbonyl (C=O) groups is 1. The Bertz CT molecular complexity index is 1480. The molecule has 0 radical (unpaired) electrons. The van der Waals surface area contributed by atoms with Crippen LogP contribution < -0.4 is 19.9 Å². The molecule has 0 atom stereocenters. The molecule has 1 heterocycles. The van der Waals surface area contributed by atoms with Gasteiger partial charge in [0.2, 0.25) is 10.0 Å². The lowest BCUT2D eigenvalue weighted by molar-refractivity contribution is 0.101. The van der Waals surface area contributed by atoms with Crippen molar-refractivity contribution in [3.05, 3.63) is 78.2 Å². The summed E-state index contributed by atoms with van der Waals surface area (Å²) in [6.07, 6.45) is 0. The topological polar surface area (TPSA) is 134 Å². The molecule has 4 rings (SSSR count). The average molecular weight is 468 g/mol. The molecular weight excluding hydrogens is 451 g/mol. The van der Waals surface area contributed by atoms with Gasteiger partial charge in [0, 0.05) is 11.8 Å². The van der Waals surface area contributed by atoms with E-state index in [1.165, 1.54) is 43.5 Å². The number of nitrogens with zero attached hydrogens (tertiary/aromatic N) is 2. The number of rotatable bonds is 6. The summed E-state index contributed by atoms with van der Waals surface area (Å²) in [5, 5.41) is 7.71. The van der Waals surface area contributed by atoms with Crippen molar-refractivity contribution >= 4 is 32.7 Å². The number of primary sulfonamides is 1. The van der Waals surface area contributed by atoms with Gasteiger partial charge in [-0.25, -0.2) is 27.9 Å². The van der Waals surface area contributed by atoms with E-state index in [9.17, 15) is 17.6 Å². The quantitative estimate of drug-likeness (QED) is 0.443. The lowest BCUT2D eigenvalue weighted by Gasteiger charge is -2.12. The van der Waals surface area contributed by atoms with Crippen molar-refractivity contribution in [2.24, 2.45) is 5.14 Å². The lowest BCUT2D eigenvalue weighted by atomic mass is 10.2. The summed E-state index contributed by atoms with van der Waals surface area (Å²) < 4.78 is 47.9. The molecule has 1 amide bonds. The van der Waals surface area contributed by atoms with Crippen molar-refractivity contribution in [1.29, 1.82) is 0 Å². The first-order chi connectivity index (χ1) is 15.7. The zero-order valence-electron chi connectivity index (χ0n) is 17.2. The van der Waals surface area contributed by atoms with Gasteiger partial charge in [0.25, 0.3) is 11.8 Å². The van der Waals surface area contributed by atoms with Gasteiger partial charge >= 0.3 is 0 Å². The zero-order chi connectivity index (χ0) is 23.6. The number of nitrogens with two attached hydrogens (primary N) is 1. The fraction of sp³-hybridized carbons (Fsp3) is 0.0455. The lowest BCUT2D eigenvalue weighted by Crippen LogP contribution is -2.17. The molecule has 0 bridgehead atoms. The normalized spacial score (nSPS) is 11.2. The summed E-state index contributed by atoms with van der Waals surface area (Å²) in [7, 11) is -2.63. The van der Waals surface area contributed by atoms with Crippen LogP contribution in [0.3, 0.4) is 0 Å². The van der Waals surface area contributed by atoms with Gasteiger partial charge in [-0.1, -0.05) is 18.2 Å². The van der Waals surface area contributed by atoms with Gasteiger partial charge in [0.05, 0.1) is 23.0 Å². The largest absolute Gasteiger partial charge is 0.494 e. The molecule has 0 fully saturated rings. The summed E-state index contributed by atoms with van der Waals surface area (Å²) in [5.74, 6) is -1.44. The van der Waals surface area contributed by atoms with Crippen LogP contribution in [0.15, 0.2) is 71.6 Å². The molecule has 0 aliphatic carbocycles. The Morgan fingerprint density at radius 1 is 1.00 bits per heavy atom. The third-order valence-electron chi connectivity index (χ3n) is 4.51.